The molecule has 0 saturated carbocycles. The van der Waals surface area contributed by atoms with E-state index in [1.807, 2.05) is 0 Å². The van der Waals surface area contributed by atoms with E-state index in [0.29, 0.717) is 56.8 Å². The minimum Gasteiger partial charge on any atom is -0.465 e. The number of carbonyl (C=O) groups excluding carboxylic acids is 2. The van der Waals surface area contributed by atoms with E-state index in [2.05, 4.69) is 0 Å². The number of piperidine rings is 1. The van der Waals surface area contributed by atoms with Gasteiger partial charge in [0.2, 0.25) is 10.0 Å². The van der Waals surface area contributed by atoms with Crippen LogP contribution in [0.15, 0.2) is 53.4 Å². The van der Waals surface area contributed by atoms with E-state index in [1.165, 1.54) is 23.5 Å². The van der Waals surface area contributed by atoms with Crippen LogP contribution in [0.3, 0.4) is 0 Å². The molecule has 0 spiro atoms. The fourth-order valence-electron chi connectivity index (χ4n) is 4.72. The lowest BCUT2D eigenvalue weighted by Gasteiger charge is -2.41. The normalized spacial score (nSPS) is 18.7. The summed E-state index contributed by atoms with van der Waals surface area (Å²) >= 11 is 0. The first kappa shape index (κ1) is 28.8. The number of likely N-dealkylation sites (tertiary alicyclic amines) is 1. The second-order valence-corrected chi connectivity index (χ2v) is 11.3. The minimum atomic E-state index is -4.60. The van der Waals surface area contributed by atoms with Gasteiger partial charge < -0.3 is 19.3 Å². The van der Waals surface area contributed by atoms with Gasteiger partial charge in [-0.3, -0.25) is 0 Å². The number of alkyl halides is 3. The summed E-state index contributed by atoms with van der Waals surface area (Å²) in [5.41, 5.74) is -0.0977. The number of amides is 2. The van der Waals surface area contributed by atoms with Crippen LogP contribution in [0.2, 0.25) is 0 Å². The molecule has 2 amide bonds. The highest BCUT2D eigenvalue weighted by molar-refractivity contribution is 7.89. The number of morpholine rings is 1. The van der Waals surface area contributed by atoms with Gasteiger partial charge in [-0.25, -0.2) is 18.0 Å². The van der Waals surface area contributed by atoms with Crippen LogP contribution in [0.5, 0.6) is 0 Å². The van der Waals surface area contributed by atoms with Crippen molar-refractivity contribution in [3.05, 3.63) is 65.2 Å². The molecular formula is C26H30F3N3O6S. The number of nitrogens with zero attached hydrogens (tertiary/aromatic N) is 3. The Hall–Kier alpha value is -3.16. The van der Waals surface area contributed by atoms with Crippen molar-refractivity contribution in [3.63, 3.8) is 0 Å². The Balaban J connectivity index is 1.63. The lowest BCUT2D eigenvalue weighted by molar-refractivity contribution is -0.137. The van der Waals surface area contributed by atoms with Gasteiger partial charge in [-0.05, 0) is 54.8 Å². The predicted octanol–water partition coefficient (Wildman–Crippen LogP) is 3.60. The number of halogens is 3. The van der Waals surface area contributed by atoms with E-state index in [4.69, 9.17) is 9.47 Å². The lowest BCUT2D eigenvalue weighted by Crippen LogP contribution is -2.55. The van der Waals surface area contributed by atoms with Gasteiger partial charge in [0.05, 0.1) is 36.3 Å². The number of benzene rings is 2. The lowest BCUT2D eigenvalue weighted by atomic mass is 10.0. The predicted molar refractivity (Wildman–Crippen MR) is 134 cm³/mol. The molecule has 0 N–H and O–H groups in total. The van der Waals surface area contributed by atoms with Gasteiger partial charge in [-0.15, -0.1) is 0 Å². The standard InChI is InChI=1S/C26H30F3N3O6S/c1-37-24(33)20-6-4-19(5-7-20)17-32(39(35,36)23-10-8-21(9-11-23)26(27,28)29)22-3-2-12-31(18-22)25(34)30-13-15-38-16-14-30/h4-11,22H,2-3,12-18H2,1H3. The number of urea groups is 1. The van der Waals surface area contributed by atoms with Crippen LogP contribution in [0.4, 0.5) is 18.0 Å². The number of methoxy groups -OCH3 is 1. The first-order valence-electron chi connectivity index (χ1n) is 12.5. The van der Waals surface area contributed by atoms with E-state index < -0.39 is 33.8 Å². The number of esters is 1. The molecule has 2 aromatic rings. The van der Waals surface area contributed by atoms with Crippen molar-refractivity contribution in [2.75, 3.05) is 46.5 Å². The van der Waals surface area contributed by atoms with Crippen molar-refractivity contribution in [3.8, 4) is 0 Å². The van der Waals surface area contributed by atoms with E-state index in [0.717, 1.165) is 24.3 Å². The molecule has 2 heterocycles. The Morgan fingerprint density at radius 3 is 2.23 bits per heavy atom. The molecule has 1 unspecified atom stereocenters. The summed E-state index contributed by atoms with van der Waals surface area (Å²) in [6.07, 6.45) is -3.58. The maximum Gasteiger partial charge on any atom is 0.416 e. The van der Waals surface area contributed by atoms with Gasteiger partial charge >= 0.3 is 18.2 Å². The van der Waals surface area contributed by atoms with E-state index in [-0.39, 0.29) is 24.0 Å². The second-order valence-electron chi connectivity index (χ2n) is 9.38. The van der Waals surface area contributed by atoms with Crippen molar-refractivity contribution in [2.24, 2.45) is 0 Å². The zero-order chi connectivity index (χ0) is 28.2. The Labute approximate surface area is 225 Å². The molecule has 2 saturated heterocycles. The number of ether oxygens (including phenoxy) is 2. The zero-order valence-electron chi connectivity index (χ0n) is 21.4. The van der Waals surface area contributed by atoms with Crippen LogP contribution in [0, 0.1) is 0 Å². The summed E-state index contributed by atoms with van der Waals surface area (Å²) in [7, 11) is -3.01. The third-order valence-corrected chi connectivity index (χ3v) is 8.77. The third-order valence-electron chi connectivity index (χ3n) is 6.86. The van der Waals surface area contributed by atoms with Crippen LogP contribution in [0.25, 0.3) is 0 Å². The van der Waals surface area contributed by atoms with Crippen LogP contribution in [-0.4, -0.2) is 87.1 Å². The van der Waals surface area contributed by atoms with E-state index in [9.17, 15) is 31.2 Å². The summed E-state index contributed by atoms with van der Waals surface area (Å²) in [5, 5.41) is 0. The van der Waals surface area contributed by atoms with Crippen LogP contribution in [-0.2, 0) is 32.2 Å². The number of hydrogen-bond donors (Lipinski definition) is 0. The Bertz CT molecular complexity index is 1260. The Morgan fingerprint density at radius 1 is 1.00 bits per heavy atom. The molecule has 2 aromatic carbocycles. The van der Waals surface area contributed by atoms with E-state index >= 15 is 0 Å². The van der Waals surface area contributed by atoms with Gasteiger partial charge in [0, 0.05) is 38.8 Å². The molecule has 0 radical (unpaired) electrons. The topological polar surface area (TPSA) is 96.5 Å². The number of hydrogen-bond acceptors (Lipinski definition) is 6. The highest BCUT2D eigenvalue weighted by Gasteiger charge is 2.37. The molecular weight excluding hydrogens is 539 g/mol. The first-order chi connectivity index (χ1) is 18.5. The molecule has 2 aliphatic rings. The van der Waals surface area contributed by atoms with Gasteiger partial charge in [0.25, 0.3) is 0 Å². The maximum atomic E-state index is 13.8. The zero-order valence-corrected chi connectivity index (χ0v) is 22.2. The quantitative estimate of drug-likeness (QED) is 0.494. The van der Waals surface area contributed by atoms with Crippen LogP contribution < -0.4 is 0 Å². The molecule has 9 nitrogen and oxygen atoms in total. The summed E-state index contributed by atoms with van der Waals surface area (Å²) < 4.78 is 78.2. The van der Waals surface area contributed by atoms with Gasteiger partial charge in [-0.1, -0.05) is 12.1 Å². The first-order valence-corrected chi connectivity index (χ1v) is 13.9. The summed E-state index contributed by atoms with van der Waals surface area (Å²) in [6.45, 7) is 2.25. The number of carbonyl (C=O) groups is 2. The average molecular weight is 570 g/mol. The van der Waals surface area contributed by atoms with Crippen LogP contribution >= 0.6 is 0 Å². The highest BCUT2D eigenvalue weighted by atomic mass is 32.2. The second kappa shape index (κ2) is 11.9. The molecule has 0 aliphatic carbocycles. The van der Waals surface area contributed by atoms with Crippen molar-refractivity contribution < 1.29 is 40.7 Å². The highest BCUT2D eigenvalue weighted by Crippen LogP contribution is 2.32. The molecule has 2 aliphatic heterocycles. The largest absolute Gasteiger partial charge is 0.465 e. The van der Waals surface area contributed by atoms with E-state index in [1.54, 1.807) is 21.9 Å². The number of rotatable bonds is 6. The molecule has 13 heteroatoms. The molecule has 0 bridgehead atoms. The molecule has 39 heavy (non-hydrogen) atoms. The monoisotopic (exact) mass is 569 g/mol. The average Bonchev–Trinajstić information content (AvgIpc) is 2.95. The summed E-state index contributed by atoms with van der Waals surface area (Å²) in [4.78, 5) is 28.0. The Morgan fingerprint density at radius 2 is 1.64 bits per heavy atom. The molecule has 212 valence electrons. The van der Waals surface area contributed by atoms with Crippen molar-refractivity contribution >= 4 is 22.0 Å². The van der Waals surface area contributed by atoms with Crippen molar-refractivity contribution in [1.29, 1.82) is 0 Å². The fraction of sp³-hybridized carbons (Fsp3) is 0.462. The van der Waals surface area contributed by atoms with Gasteiger partial charge in [0.1, 0.15) is 0 Å². The molecule has 0 aromatic heterocycles. The molecule has 4 rings (SSSR count). The number of sulfonamides is 1. The smallest absolute Gasteiger partial charge is 0.416 e. The Kier molecular flexibility index (Phi) is 8.82. The van der Waals surface area contributed by atoms with Gasteiger partial charge in [0.15, 0.2) is 0 Å². The fourth-order valence-corrected chi connectivity index (χ4v) is 6.36. The summed E-state index contributed by atoms with van der Waals surface area (Å²) in [6, 6.07) is 8.79. The SMILES string of the molecule is COC(=O)c1ccc(CN(C2CCCN(C(=O)N3CCOCC3)C2)S(=O)(=O)c2ccc(C(F)(F)F)cc2)cc1. The summed E-state index contributed by atoms with van der Waals surface area (Å²) in [5.74, 6) is -0.541. The van der Waals surface area contributed by atoms with Crippen molar-refractivity contribution in [2.45, 2.75) is 36.5 Å². The van der Waals surface area contributed by atoms with Gasteiger partial charge in [-0.2, -0.15) is 17.5 Å². The molecule has 1 atom stereocenters. The minimum absolute atomic E-state index is 0.102. The molecule has 2 fully saturated rings. The maximum absolute atomic E-state index is 13.8. The third kappa shape index (κ3) is 6.71. The van der Waals surface area contributed by atoms with Crippen molar-refractivity contribution in [1.82, 2.24) is 14.1 Å². The van der Waals surface area contributed by atoms with Crippen LogP contribution in [0.1, 0.15) is 34.3 Å².